The third kappa shape index (κ3) is 5.62. The molecule has 3 heterocycles. The summed E-state index contributed by atoms with van der Waals surface area (Å²) in [4.78, 5) is 30.5. The van der Waals surface area contributed by atoms with Crippen molar-refractivity contribution in [2.45, 2.75) is 25.4 Å². The molecule has 31 heavy (non-hydrogen) atoms. The predicted octanol–water partition coefficient (Wildman–Crippen LogP) is 2.77. The van der Waals surface area contributed by atoms with Gasteiger partial charge < -0.3 is 26.5 Å². The van der Waals surface area contributed by atoms with E-state index in [4.69, 9.17) is 11.5 Å². The highest BCUT2D eigenvalue weighted by Crippen LogP contribution is 2.35. The number of carbonyl (C=O) groups excluding carboxylic acids is 2. The van der Waals surface area contributed by atoms with Crippen molar-refractivity contribution in [2.24, 2.45) is 5.73 Å². The van der Waals surface area contributed by atoms with Crippen LogP contribution >= 0.6 is 0 Å². The minimum Gasteiger partial charge on any atom is -0.383 e. The molecule has 0 spiro atoms. The quantitative estimate of drug-likeness (QED) is 0.423. The number of alkyl halides is 3. The molecule has 0 saturated carbocycles. The van der Waals surface area contributed by atoms with Gasteiger partial charge in [-0.15, -0.1) is 0 Å². The highest BCUT2D eigenvalue weighted by atomic mass is 19.4. The number of aromatic nitrogens is 3. The summed E-state index contributed by atoms with van der Waals surface area (Å²) in [5.41, 5.74) is 10.5. The minimum absolute atomic E-state index is 0.233. The zero-order valence-corrected chi connectivity index (χ0v) is 16.2. The van der Waals surface area contributed by atoms with Crippen LogP contribution in [-0.2, 0) is 11.0 Å². The summed E-state index contributed by atoms with van der Waals surface area (Å²) in [6, 6.07) is 3.55. The second-order valence-electron chi connectivity index (χ2n) is 6.76. The normalized spacial score (nSPS) is 11.5. The molecule has 9 nitrogen and oxygen atoms in total. The zero-order chi connectivity index (χ0) is 22.6. The first kappa shape index (κ1) is 21.9. The van der Waals surface area contributed by atoms with E-state index in [2.05, 4.69) is 20.6 Å². The number of unbranched alkanes of at least 4 members (excludes halogenated alkanes) is 1. The third-order valence-corrected chi connectivity index (χ3v) is 4.41. The van der Waals surface area contributed by atoms with Crippen molar-refractivity contribution in [3.63, 3.8) is 0 Å². The van der Waals surface area contributed by atoms with Crippen LogP contribution in [0.25, 0.3) is 16.8 Å². The molecule has 0 bridgehead atoms. The minimum atomic E-state index is -4.61. The molecule has 0 fully saturated rings. The Balaban J connectivity index is 1.69. The Morgan fingerprint density at radius 2 is 1.90 bits per heavy atom. The summed E-state index contributed by atoms with van der Waals surface area (Å²) < 4.78 is 40.9. The van der Waals surface area contributed by atoms with Crippen LogP contribution in [0.3, 0.4) is 0 Å². The smallest absolute Gasteiger partial charge is 0.383 e. The predicted molar refractivity (Wildman–Crippen MR) is 108 cm³/mol. The number of primary amides is 1. The van der Waals surface area contributed by atoms with Crippen LogP contribution in [0.1, 0.15) is 24.8 Å². The van der Waals surface area contributed by atoms with Gasteiger partial charge in [-0.25, -0.2) is 14.8 Å². The van der Waals surface area contributed by atoms with Gasteiger partial charge in [0, 0.05) is 36.5 Å². The van der Waals surface area contributed by atoms with Gasteiger partial charge in [-0.2, -0.15) is 13.2 Å². The fourth-order valence-corrected chi connectivity index (χ4v) is 2.91. The summed E-state index contributed by atoms with van der Waals surface area (Å²) >= 11 is 0. The number of fused-ring (bicyclic) bond motifs is 1. The number of nitrogens with zero attached hydrogens (tertiary/aromatic N) is 3. The van der Waals surface area contributed by atoms with E-state index in [1.807, 2.05) is 0 Å². The maximum atomic E-state index is 13.1. The van der Waals surface area contributed by atoms with Gasteiger partial charge in [-0.05, 0) is 31.0 Å². The Kier molecular flexibility index (Phi) is 6.28. The lowest BCUT2D eigenvalue weighted by Gasteiger charge is -2.11. The number of anilines is 2. The number of amides is 3. The summed E-state index contributed by atoms with van der Waals surface area (Å²) in [5, 5.41) is 5.10. The monoisotopic (exact) mass is 435 g/mol. The Morgan fingerprint density at radius 3 is 2.61 bits per heavy atom. The lowest BCUT2D eigenvalue weighted by atomic mass is 10.1. The highest BCUT2D eigenvalue weighted by molar-refractivity contribution is 5.90. The van der Waals surface area contributed by atoms with Crippen molar-refractivity contribution >= 4 is 29.2 Å². The Bertz CT molecular complexity index is 1110. The van der Waals surface area contributed by atoms with Crippen LogP contribution in [0.15, 0.2) is 36.8 Å². The van der Waals surface area contributed by atoms with Crippen molar-refractivity contribution in [1.29, 1.82) is 0 Å². The van der Waals surface area contributed by atoms with Crippen molar-refractivity contribution in [3.05, 3.63) is 42.4 Å². The van der Waals surface area contributed by atoms with Gasteiger partial charge in [0.15, 0.2) is 5.82 Å². The van der Waals surface area contributed by atoms with Gasteiger partial charge in [0.2, 0.25) is 5.91 Å². The number of carbonyl (C=O) groups is 2. The molecule has 0 saturated heterocycles. The van der Waals surface area contributed by atoms with Gasteiger partial charge in [0.25, 0.3) is 0 Å². The van der Waals surface area contributed by atoms with Crippen LogP contribution in [0, 0.1) is 0 Å². The van der Waals surface area contributed by atoms with Gasteiger partial charge >= 0.3 is 12.2 Å². The van der Waals surface area contributed by atoms with Crippen LogP contribution < -0.4 is 22.1 Å². The number of halogens is 3. The van der Waals surface area contributed by atoms with Crippen LogP contribution in [-0.4, -0.2) is 32.9 Å². The highest BCUT2D eigenvalue weighted by Gasteiger charge is 2.34. The Morgan fingerprint density at radius 1 is 1.13 bits per heavy atom. The fourth-order valence-electron chi connectivity index (χ4n) is 2.91. The van der Waals surface area contributed by atoms with Crippen LogP contribution in [0.2, 0.25) is 0 Å². The molecule has 0 aliphatic heterocycles. The molecular formula is C19H20F3N7O2. The van der Waals surface area contributed by atoms with Gasteiger partial charge in [-0.1, -0.05) is 0 Å². The standard InChI is InChI=1S/C19H20F3N7O2/c20-19(21,22)13-7-12(8-26-17(13)23)11-4-5-15-27-14(10-29(15)9-11)28-16(30)3-1-2-6-25-18(24)31/h4-5,7-10H,1-3,6H2,(H2,23,26)(H,28,30)(H3,24,25,31). The van der Waals surface area contributed by atoms with E-state index in [1.165, 1.54) is 6.20 Å². The summed E-state index contributed by atoms with van der Waals surface area (Å²) in [7, 11) is 0. The molecule has 6 N–H and O–H groups in total. The molecule has 0 unspecified atom stereocenters. The first-order chi connectivity index (χ1) is 14.6. The summed E-state index contributed by atoms with van der Waals surface area (Å²) in [5.74, 6) is -0.528. The van der Waals surface area contributed by atoms with Gasteiger partial charge in [-0.3, -0.25) is 4.79 Å². The van der Waals surface area contributed by atoms with E-state index in [0.29, 0.717) is 36.4 Å². The van der Waals surface area contributed by atoms with E-state index >= 15 is 0 Å². The largest absolute Gasteiger partial charge is 0.419 e. The lowest BCUT2D eigenvalue weighted by molar-refractivity contribution is -0.137. The zero-order valence-electron chi connectivity index (χ0n) is 16.2. The second kappa shape index (κ2) is 8.90. The van der Waals surface area contributed by atoms with Crippen LogP contribution in [0.4, 0.5) is 29.6 Å². The number of hydrogen-bond acceptors (Lipinski definition) is 5. The third-order valence-electron chi connectivity index (χ3n) is 4.41. The molecule has 3 aromatic heterocycles. The second-order valence-corrected chi connectivity index (χ2v) is 6.76. The molecule has 0 aliphatic carbocycles. The number of nitrogens with one attached hydrogen (secondary N) is 2. The number of urea groups is 1. The maximum absolute atomic E-state index is 13.1. The number of nitrogen functional groups attached to an aromatic ring is 1. The first-order valence-corrected chi connectivity index (χ1v) is 9.28. The number of imidazole rings is 1. The molecular weight excluding hydrogens is 415 g/mol. The average Bonchev–Trinajstić information content (AvgIpc) is 3.08. The topological polar surface area (TPSA) is 140 Å². The summed E-state index contributed by atoms with van der Waals surface area (Å²) in [6.45, 7) is 0.385. The Labute approximate surface area is 174 Å². The summed E-state index contributed by atoms with van der Waals surface area (Å²) in [6.07, 6.45) is 1.17. The Hall–Kier alpha value is -3.83. The van der Waals surface area contributed by atoms with Gasteiger partial charge in [0.05, 0.1) is 11.8 Å². The van der Waals surface area contributed by atoms with Crippen molar-refractivity contribution in [2.75, 3.05) is 17.6 Å². The lowest BCUT2D eigenvalue weighted by Crippen LogP contribution is -2.30. The molecule has 3 amide bonds. The van der Waals surface area contributed by atoms with Crippen LogP contribution in [0.5, 0.6) is 0 Å². The van der Waals surface area contributed by atoms with Gasteiger partial charge in [0.1, 0.15) is 11.5 Å². The SMILES string of the molecule is NC(=O)NCCCCC(=O)Nc1cn2cc(-c3cnc(N)c(C(F)(F)F)c3)ccc2n1. The number of hydrogen-bond donors (Lipinski definition) is 4. The molecule has 0 aliphatic rings. The van der Waals surface area contributed by atoms with E-state index in [-0.39, 0.29) is 17.9 Å². The van der Waals surface area contributed by atoms with E-state index < -0.39 is 23.6 Å². The number of nitrogens with two attached hydrogens (primary N) is 2. The van der Waals surface area contributed by atoms with Crippen molar-refractivity contribution in [3.8, 4) is 11.1 Å². The molecule has 12 heteroatoms. The molecule has 3 rings (SSSR count). The number of rotatable bonds is 7. The molecule has 0 radical (unpaired) electrons. The average molecular weight is 435 g/mol. The maximum Gasteiger partial charge on any atom is 0.419 e. The molecule has 3 aromatic rings. The van der Waals surface area contributed by atoms with E-state index in [9.17, 15) is 22.8 Å². The van der Waals surface area contributed by atoms with E-state index in [1.54, 1.807) is 28.9 Å². The first-order valence-electron chi connectivity index (χ1n) is 9.28. The van der Waals surface area contributed by atoms with E-state index in [0.717, 1.165) is 6.07 Å². The fraction of sp³-hybridized carbons (Fsp3) is 0.263. The molecule has 0 aromatic carbocycles. The molecule has 0 atom stereocenters. The number of pyridine rings is 2. The van der Waals surface area contributed by atoms with Crippen molar-refractivity contribution < 1.29 is 22.8 Å². The molecule has 164 valence electrons. The van der Waals surface area contributed by atoms with Crippen molar-refractivity contribution in [1.82, 2.24) is 19.7 Å².